The van der Waals surface area contributed by atoms with Gasteiger partial charge in [-0.25, -0.2) is 4.79 Å². The van der Waals surface area contributed by atoms with Crippen LogP contribution in [0.1, 0.15) is 12.5 Å². The van der Waals surface area contributed by atoms with Crippen molar-refractivity contribution in [1.82, 2.24) is 5.32 Å². The Morgan fingerprint density at radius 2 is 1.84 bits per heavy atom. The molecule has 0 bridgehead atoms. The highest BCUT2D eigenvalue weighted by atomic mass is 35.5. The molecule has 0 fully saturated rings. The van der Waals surface area contributed by atoms with Crippen LogP contribution in [0, 0.1) is 0 Å². The molecule has 2 aromatic rings. The van der Waals surface area contributed by atoms with Crippen molar-refractivity contribution in [3.05, 3.63) is 47.0 Å². The fraction of sp³-hybridized carbons (Fsp3) is 0.278. The molecule has 2 N–H and O–H groups in total. The number of nitrogens with one attached hydrogen (secondary N) is 2. The number of carbonyl (C=O) groups is 1. The summed E-state index contributed by atoms with van der Waals surface area (Å²) in [6.07, 6.45) is 0. The summed E-state index contributed by atoms with van der Waals surface area (Å²) >= 11 is 6.23. The van der Waals surface area contributed by atoms with Gasteiger partial charge in [-0.05, 0) is 36.8 Å². The van der Waals surface area contributed by atoms with Crippen LogP contribution in [0.2, 0.25) is 5.02 Å². The molecule has 0 aliphatic carbocycles. The van der Waals surface area contributed by atoms with Crippen LogP contribution in [0.15, 0.2) is 36.4 Å². The molecular formula is C18H21ClN2O4. The molecular weight excluding hydrogens is 344 g/mol. The Bertz CT molecular complexity index is 737. The van der Waals surface area contributed by atoms with Crippen molar-refractivity contribution in [2.45, 2.75) is 13.5 Å². The van der Waals surface area contributed by atoms with Crippen LogP contribution in [-0.2, 0) is 6.54 Å². The van der Waals surface area contributed by atoms with E-state index in [4.69, 9.17) is 25.8 Å². The van der Waals surface area contributed by atoms with E-state index in [0.29, 0.717) is 34.6 Å². The lowest BCUT2D eigenvalue weighted by Crippen LogP contribution is -2.28. The minimum atomic E-state index is -0.353. The Morgan fingerprint density at radius 3 is 2.52 bits per heavy atom. The topological polar surface area (TPSA) is 68.8 Å². The summed E-state index contributed by atoms with van der Waals surface area (Å²) in [6.45, 7) is 2.63. The highest BCUT2D eigenvalue weighted by molar-refractivity contribution is 6.32. The zero-order chi connectivity index (χ0) is 18.2. The molecule has 0 saturated carbocycles. The third-order valence-corrected chi connectivity index (χ3v) is 3.67. The van der Waals surface area contributed by atoms with E-state index >= 15 is 0 Å². The molecule has 0 saturated heterocycles. The number of halogens is 1. The average molecular weight is 365 g/mol. The first-order valence-electron chi connectivity index (χ1n) is 7.76. The molecule has 2 amide bonds. The molecule has 0 radical (unpaired) electrons. The molecule has 0 spiro atoms. The minimum absolute atomic E-state index is 0.281. The van der Waals surface area contributed by atoms with Crippen molar-refractivity contribution >= 4 is 23.3 Å². The van der Waals surface area contributed by atoms with Gasteiger partial charge in [0.05, 0.1) is 31.5 Å². The fourth-order valence-corrected chi connectivity index (χ4v) is 2.54. The van der Waals surface area contributed by atoms with E-state index in [1.165, 1.54) is 0 Å². The van der Waals surface area contributed by atoms with Crippen LogP contribution in [0.3, 0.4) is 0 Å². The molecule has 0 heterocycles. The summed E-state index contributed by atoms with van der Waals surface area (Å²) in [6, 6.07) is 10.3. The molecule has 25 heavy (non-hydrogen) atoms. The SMILES string of the molecule is CCOc1c(Cl)cc(CNC(=O)Nc2ccccc2OC)cc1OC. The van der Waals surface area contributed by atoms with Crippen LogP contribution in [0.5, 0.6) is 17.2 Å². The molecule has 0 unspecified atom stereocenters. The number of rotatable bonds is 7. The zero-order valence-corrected chi connectivity index (χ0v) is 15.1. The molecule has 0 aliphatic rings. The van der Waals surface area contributed by atoms with Gasteiger partial charge >= 0.3 is 6.03 Å². The second-order valence-corrected chi connectivity index (χ2v) is 5.46. The van der Waals surface area contributed by atoms with Crippen LogP contribution >= 0.6 is 11.6 Å². The number of para-hydroxylation sites is 2. The van der Waals surface area contributed by atoms with Gasteiger partial charge < -0.3 is 24.8 Å². The second-order valence-electron chi connectivity index (χ2n) is 5.05. The van der Waals surface area contributed by atoms with Gasteiger partial charge in [0, 0.05) is 6.54 Å². The van der Waals surface area contributed by atoms with Gasteiger partial charge in [-0.3, -0.25) is 0 Å². The highest BCUT2D eigenvalue weighted by Crippen LogP contribution is 2.36. The molecule has 0 aliphatic heterocycles. The van der Waals surface area contributed by atoms with E-state index in [2.05, 4.69) is 10.6 Å². The Kier molecular flexibility index (Phi) is 6.77. The van der Waals surface area contributed by atoms with E-state index in [9.17, 15) is 4.79 Å². The third kappa shape index (κ3) is 4.93. The first-order chi connectivity index (χ1) is 12.1. The van der Waals surface area contributed by atoms with Crippen LogP contribution in [-0.4, -0.2) is 26.9 Å². The molecule has 2 aromatic carbocycles. The lowest BCUT2D eigenvalue weighted by atomic mass is 10.2. The van der Waals surface area contributed by atoms with Gasteiger partial charge in [-0.2, -0.15) is 0 Å². The lowest BCUT2D eigenvalue weighted by Gasteiger charge is -2.14. The van der Waals surface area contributed by atoms with Gasteiger partial charge in [0.1, 0.15) is 5.75 Å². The van der Waals surface area contributed by atoms with Crippen molar-refractivity contribution in [1.29, 1.82) is 0 Å². The van der Waals surface area contributed by atoms with Gasteiger partial charge in [0.25, 0.3) is 0 Å². The predicted molar refractivity (Wildman–Crippen MR) is 98.0 cm³/mol. The van der Waals surface area contributed by atoms with Gasteiger partial charge in [0.15, 0.2) is 11.5 Å². The van der Waals surface area contributed by atoms with Gasteiger partial charge in [-0.15, -0.1) is 0 Å². The predicted octanol–water partition coefficient (Wildman–Crippen LogP) is 4.08. The van der Waals surface area contributed by atoms with Gasteiger partial charge in [0.2, 0.25) is 0 Å². The summed E-state index contributed by atoms with van der Waals surface area (Å²) in [5, 5.41) is 5.94. The van der Waals surface area contributed by atoms with Crippen molar-refractivity contribution in [3.63, 3.8) is 0 Å². The van der Waals surface area contributed by atoms with Crippen LogP contribution < -0.4 is 24.8 Å². The smallest absolute Gasteiger partial charge is 0.319 e. The highest BCUT2D eigenvalue weighted by Gasteiger charge is 2.12. The summed E-state index contributed by atoms with van der Waals surface area (Å²) in [5.74, 6) is 1.61. The maximum absolute atomic E-state index is 12.1. The largest absolute Gasteiger partial charge is 0.495 e. The van der Waals surface area contributed by atoms with Crippen molar-refractivity contribution < 1.29 is 19.0 Å². The standard InChI is InChI=1S/C18H21ClN2O4/c1-4-25-17-13(19)9-12(10-16(17)24-3)11-20-18(22)21-14-7-5-6-8-15(14)23-2/h5-10H,4,11H2,1-3H3,(H2,20,21,22). The zero-order valence-electron chi connectivity index (χ0n) is 14.4. The Balaban J connectivity index is 2.03. The van der Waals surface area contributed by atoms with E-state index in [0.717, 1.165) is 5.56 Å². The summed E-state index contributed by atoms with van der Waals surface area (Å²) in [5.41, 5.74) is 1.38. The number of anilines is 1. The average Bonchev–Trinajstić information content (AvgIpc) is 2.62. The summed E-state index contributed by atoms with van der Waals surface area (Å²) < 4.78 is 16.0. The normalized spacial score (nSPS) is 10.1. The fourth-order valence-electron chi connectivity index (χ4n) is 2.26. The molecule has 0 atom stereocenters. The monoisotopic (exact) mass is 364 g/mol. The van der Waals surface area contributed by atoms with Crippen molar-refractivity contribution in [3.8, 4) is 17.2 Å². The number of carbonyl (C=O) groups excluding carboxylic acids is 1. The van der Waals surface area contributed by atoms with E-state index in [-0.39, 0.29) is 12.6 Å². The molecule has 6 nitrogen and oxygen atoms in total. The lowest BCUT2D eigenvalue weighted by molar-refractivity contribution is 0.251. The van der Waals surface area contributed by atoms with E-state index in [1.807, 2.05) is 19.1 Å². The Hall–Kier alpha value is -2.60. The number of hydrogen-bond acceptors (Lipinski definition) is 4. The number of methoxy groups -OCH3 is 2. The molecule has 0 aromatic heterocycles. The van der Waals surface area contributed by atoms with E-state index in [1.54, 1.807) is 38.5 Å². The van der Waals surface area contributed by atoms with Crippen LogP contribution in [0.25, 0.3) is 0 Å². The minimum Gasteiger partial charge on any atom is -0.495 e. The quantitative estimate of drug-likeness (QED) is 0.776. The van der Waals surface area contributed by atoms with E-state index < -0.39 is 0 Å². The maximum Gasteiger partial charge on any atom is 0.319 e. The number of ether oxygens (including phenoxy) is 3. The summed E-state index contributed by atoms with van der Waals surface area (Å²) in [4.78, 5) is 12.1. The number of hydrogen-bond donors (Lipinski definition) is 2. The number of benzene rings is 2. The maximum atomic E-state index is 12.1. The van der Waals surface area contributed by atoms with Crippen LogP contribution in [0.4, 0.5) is 10.5 Å². The molecule has 2 rings (SSSR count). The molecule has 7 heteroatoms. The molecule has 134 valence electrons. The Labute approximate surface area is 152 Å². The number of urea groups is 1. The second kappa shape index (κ2) is 9.03. The van der Waals surface area contributed by atoms with Crippen molar-refractivity contribution in [2.75, 3.05) is 26.1 Å². The van der Waals surface area contributed by atoms with Crippen molar-refractivity contribution in [2.24, 2.45) is 0 Å². The Morgan fingerprint density at radius 1 is 1.12 bits per heavy atom. The van der Waals surface area contributed by atoms with Gasteiger partial charge in [-0.1, -0.05) is 23.7 Å². The number of amides is 2. The first kappa shape index (κ1) is 18.7. The first-order valence-corrected chi connectivity index (χ1v) is 8.13. The third-order valence-electron chi connectivity index (χ3n) is 3.39. The summed E-state index contributed by atoms with van der Waals surface area (Å²) in [7, 11) is 3.09.